The largest absolute Gasteiger partial charge is 0.285 e. The number of benzene rings is 2. The predicted molar refractivity (Wildman–Crippen MR) is 74.9 cm³/mol. The van der Waals surface area contributed by atoms with Crippen LogP contribution in [0.25, 0.3) is 16.5 Å². The van der Waals surface area contributed by atoms with Crippen molar-refractivity contribution < 1.29 is 19.4 Å². The molecular weight excluding hydrogens is 292 g/mol. The molecule has 0 heterocycles. The number of carbonyl (C=O) groups excluding carboxylic acids is 2. The highest BCUT2D eigenvalue weighted by atomic mass is 16.6. The summed E-state index contributed by atoms with van der Waals surface area (Å²) in [6.45, 7) is 0. The Hall–Kier alpha value is -3.42. The van der Waals surface area contributed by atoms with E-state index in [0.717, 1.165) is 0 Å². The Morgan fingerprint density at radius 2 is 1.64 bits per heavy atom. The zero-order chi connectivity index (χ0) is 16.0. The van der Waals surface area contributed by atoms with E-state index >= 15 is 0 Å². The molecule has 0 fully saturated rings. The molecule has 0 aromatic heterocycles. The molecule has 8 nitrogen and oxygen atoms in total. The van der Waals surface area contributed by atoms with Crippen molar-refractivity contribution in [3.05, 3.63) is 67.8 Å². The minimum absolute atomic E-state index is 0.0196. The summed E-state index contributed by atoms with van der Waals surface area (Å²) in [6.07, 6.45) is 0.612. The van der Waals surface area contributed by atoms with Crippen molar-refractivity contribution in [1.82, 2.24) is 0 Å². The van der Waals surface area contributed by atoms with Gasteiger partial charge in [-0.25, -0.2) is 0 Å². The van der Waals surface area contributed by atoms with Crippen LogP contribution >= 0.6 is 0 Å². The molecule has 0 unspecified atom stereocenters. The van der Waals surface area contributed by atoms with Crippen molar-refractivity contribution >= 4 is 33.7 Å². The van der Waals surface area contributed by atoms with E-state index in [0.29, 0.717) is 11.5 Å². The second-order valence-electron chi connectivity index (χ2n) is 4.60. The second kappa shape index (κ2) is 4.55. The van der Waals surface area contributed by atoms with Gasteiger partial charge in [-0.3, -0.25) is 29.8 Å². The van der Waals surface area contributed by atoms with Crippen LogP contribution in [0.1, 0.15) is 15.9 Å². The van der Waals surface area contributed by atoms with Crippen LogP contribution in [-0.4, -0.2) is 21.4 Å². The molecule has 2 aromatic rings. The van der Waals surface area contributed by atoms with Crippen LogP contribution < -0.4 is 0 Å². The van der Waals surface area contributed by atoms with Gasteiger partial charge < -0.3 is 0 Å². The maximum absolute atomic E-state index is 11.9. The van der Waals surface area contributed by atoms with Gasteiger partial charge in [0.05, 0.1) is 26.9 Å². The number of fused-ring (bicyclic) bond motifs is 3. The van der Waals surface area contributed by atoms with E-state index in [1.165, 1.54) is 24.3 Å². The molecule has 1 aliphatic carbocycles. The highest BCUT2D eigenvalue weighted by Gasteiger charge is 2.35. The van der Waals surface area contributed by atoms with Gasteiger partial charge in [0, 0.05) is 11.6 Å². The van der Waals surface area contributed by atoms with Crippen molar-refractivity contribution in [2.75, 3.05) is 0 Å². The van der Waals surface area contributed by atoms with Gasteiger partial charge in [0.25, 0.3) is 11.4 Å². The number of rotatable bonds is 2. The molecule has 0 spiro atoms. The first-order chi connectivity index (χ1) is 10.4. The number of Topliss-reactive ketones (excluding diaryl/α,β-unsaturated/α-hetero) is 1. The summed E-state index contributed by atoms with van der Waals surface area (Å²) in [4.78, 5) is 44.4. The number of nitrogens with zero attached hydrogens (tertiary/aromatic N) is 2. The first kappa shape index (κ1) is 13.6. The summed E-state index contributed by atoms with van der Waals surface area (Å²) >= 11 is 0. The molecule has 108 valence electrons. The predicted octanol–water partition coefficient (Wildman–Crippen LogP) is 2.13. The van der Waals surface area contributed by atoms with E-state index in [2.05, 4.69) is 0 Å². The van der Waals surface area contributed by atoms with Crippen molar-refractivity contribution in [1.29, 1.82) is 0 Å². The zero-order valence-electron chi connectivity index (χ0n) is 10.8. The number of nitro groups is 2. The molecule has 0 saturated heterocycles. The summed E-state index contributed by atoms with van der Waals surface area (Å²) in [6, 6.07) is 6.88. The lowest BCUT2D eigenvalue weighted by Crippen LogP contribution is -2.21. The third-order valence-electron chi connectivity index (χ3n) is 3.41. The van der Waals surface area contributed by atoms with Crippen molar-refractivity contribution in [3.63, 3.8) is 0 Å². The number of hydrogen-bond acceptors (Lipinski definition) is 6. The molecular formula is C14H6N2O6. The van der Waals surface area contributed by atoms with E-state index in [4.69, 9.17) is 0 Å². The Kier molecular flexibility index (Phi) is 2.81. The number of ketones is 2. The molecule has 3 rings (SSSR count). The number of nitro benzene ring substituents is 1. The average molecular weight is 298 g/mol. The number of non-ortho nitro benzene ring substituents is 1. The monoisotopic (exact) mass is 298 g/mol. The first-order valence-corrected chi connectivity index (χ1v) is 6.07. The Labute approximate surface area is 122 Å². The maximum Gasteiger partial charge on any atom is 0.282 e. The van der Waals surface area contributed by atoms with Crippen molar-refractivity contribution in [3.8, 4) is 0 Å². The highest BCUT2D eigenvalue weighted by Crippen LogP contribution is 2.37. The Bertz CT molecular complexity index is 928. The Morgan fingerprint density at radius 3 is 2.27 bits per heavy atom. The van der Waals surface area contributed by atoms with Crippen LogP contribution in [0.2, 0.25) is 0 Å². The summed E-state index contributed by atoms with van der Waals surface area (Å²) in [7, 11) is 0. The van der Waals surface area contributed by atoms with Crippen molar-refractivity contribution in [2.45, 2.75) is 0 Å². The molecule has 1 aliphatic rings. The van der Waals surface area contributed by atoms with Gasteiger partial charge in [-0.15, -0.1) is 0 Å². The number of carbonyl (C=O) groups is 2. The fourth-order valence-corrected chi connectivity index (χ4v) is 2.51. The summed E-state index contributed by atoms with van der Waals surface area (Å²) in [5.41, 5.74) is -1.34. The van der Waals surface area contributed by atoms with Crippen LogP contribution in [0.4, 0.5) is 5.69 Å². The summed E-state index contributed by atoms with van der Waals surface area (Å²) < 4.78 is 0. The molecule has 0 aliphatic heterocycles. The van der Waals surface area contributed by atoms with Gasteiger partial charge in [0.2, 0.25) is 11.6 Å². The smallest absolute Gasteiger partial charge is 0.282 e. The number of hydrogen-bond donors (Lipinski definition) is 0. The van der Waals surface area contributed by atoms with Gasteiger partial charge in [0.1, 0.15) is 0 Å². The van der Waals surface area contributed by atoms with Crippen LogP contribution in [0.3, 0.4) is 0 Å². The fraction of sp³-hybridized carbons (Fsp3) is 0. The molecule has 0 atom stereocenters. The minimum atomic E-state index is -1.02. The quantitative estimate of drug-likeness (QED) is 0.475. The zero-order valence-corrected chi connectivity index (χ0v) is 10.8. The normalized spacial score (nSPS) is 13.7. The van der Waals surface area contributed by atoms with Crippen molar-refractivity contribution in [2.24, 2.45) is 0 Å². The van der Waals surface area contributed by atoms with Crippen LogP contribution in [-0.2, 0) is 4.79 Å². The number of allylic oxidation sites excluding steroid dienone is 1. The average Bonchev–Trinajstić information content (AvgIpc) is 2.49. The molecule has 8 heteroatoms. The lowest BCUT2D eigenvalue weighted by molar-refractivity contribution is -0.383. The molecule has 22 heavy (non-hydrogen) atoms. The lowest BCUT2D eigenvalue weighted by atomic mass is 9.88. The second-order valence-corrected chi connectivity index (χ2v) is 4.60. The summed E-state index contributed by atoms with van der Waals surface area (Å²) in [5, 5.41) is 22.7. The maximum atomic E-state index is 11.9. The van der Waals surface area contributed by atoms with Gasteiger partial charge in [-0.1, -0.05) is 18.2 Å². The third-order valence-corrected chi connectivity index (χ3v) is 3.41. The molecule has 2 aromatic carbocycles. The SMILES string of the molecule is O=C1C=C([N+](=O)[O-])c2c(ccc3cccc([N+](=O)[O-])c23)C1=O. The summed E-state index contributed by atoms with van der Waals surface area (Å²) in [5.74, 6) is -1.93. The van der Waals surface area contributed by atoms with E-state index in [-0.39, 0.29) is 22.2 Å². The Balaban J connectivity index is 2.54. The Morgan fingerprint density at radius 1 is 0.909 bits per heavy atom. The lowest BCUT2D eigenvalue weighted by Gasteiger charge is -2.13. The van der Waals surface area contributed by atoms with E-state index in [1.54, 1.807) is 6.07 Å². The molecule has 0 saturated carbocycles. The fourth-order valence-electron chi connectivity index (χ4n) is 2.51. The standard InChI is InChI=1S/C14H6N2O6/c17-11-6-10(16(21)22)13-8(14(11)18)5-4-7-2-1-3-9(12(7)13)15(19)20/h1-6H. The van der Waals surface area contributed by atoms with Crippen LogP contribution in [0, 0.1) is 20.2 Å². The molecule has 0 N–H and O–H groups in total. The third kappa shape index (κ3) is 1.78. The molecule has 0 amide bonds. The van der Waals surface area contributed by atoms with Gasteiger partial charge in [-0.2, -0.15) is 0 Å². The topological polar surface area (TPSA) is 120 Å². The van der Waals surface area contributed by atoms with E-state index < -0.39 is 27.1 Å². The first-order valence-electron chi connectivity index (χ1n) is 6.07. The molecule has 0 bridgehead atoms. The minimum Gasteiger partial charge on any atom is -0.285 e. The van der Waals surface area contributed by atoms with Gasteiger partial charge in [0.15, 0.2) is 0 Å². The van der Waals surface area contributed by atoms with Gasteiger partial charge >= 0.3 is 0 Å². The van der Waals surface area contributed by atoms with E-state index in [1.807, 2.05) is 0 Å². The van der Waals surface area contributed by atoms with Crippen LogP contribution in [0.5, 0.6) is 0 Å². The van der Waals surface area contributed by atoms with Crippen LogP contribution in [0.15, 0.2) is 36.4 Å². The van der Waals surface area contributed by atoms with Gasteiger partial charge in [-0.05, 0) is 11.5 Å². The highest BCUT2D eigenvalue weighted by molar-refractivity contribution is 6.51. The van der Waals surface area contributed by atoms with E-state index in [9.17, 15) is 29.8 Å². The molecule has 0 radical (unpaired) electrons.